The maximum Gasteiger partial charge on any atom is 0.326 e. The number of carboxylic acids is 1. The Kier molecular flexibility index (Phi) is 6.61. The van der Waals surface area contributed by atoms with Crippen LogP contribution in [0.4, 0.5) is 0 Å². The molecule has 1 fully saturated rings. The molecule has 21 heavy (non-hydrogen) atoms. The van der Waals surface area contributed by atoms with Crippen LogP contribution in [0.5, 0.6) is 0 Å². The first kappa shape index (κ1) is 17.4. The number of carboxylic acid groups (broad SMARTS) is 1. The molecule has 0 spiro atoms. The van der Waals surface area contributed by atoms with E-state index in [0.717, 1.165) is 25.7 Å². The molecule has 0 aromatic carbocycles. The largest absolute Gasteiger partial charge is 0.480 e. The number of hydrogen-bond acceptors (Lipinski definition) is 4. The van der Waals surface area contributed by atoms with Gasteiger partial charge in [0.05, 0.1) is 0 Å². The van der Waals surface area contributed by atoms with Crippen molar-refractivity contribution in [3.8, 4) is 0 Å². The Morgan fingerprint density at radius 2 is 1.86 bits per heavy atom. The minimum Gasteiger partial charge on any atom is -0.480 e. The quantitative estimate of drug-likeness (QED) is 0.507. The molecule has 2 amide bonds. The number of amides is 2. The standard InChI is InChI=1S/C14H25N3O4/c1-16-14(7-3-2-4-8-14)9-12(19)17-10(13(20)21)5-6-11(15)18/h10,16H,2-9H2,1H3,(H2,15,18)(H,17,19)(H,20,21)/t10-/m0/s1. The lowest BCUT2D eigenvalue weighted by Gasteiger charge is -2.36. The molecule has 0 saturated heterocycles. The first-order valence-corrected chi connectivity index (χ1v) is 7.38. The van der Waals surface area contributed by atoms with Gasteiger partial charge >= 0.3 is 5.97 Å². The van der Waals surface area contributed by atoms with Gasteiger partial charge in [-0.1, -0.05) is 19.3 Å². The molecule has 0 heterocycles. The predicted molar refractivity (Wildman–Crippen MR) is 77.5 cm³/mol. The molecule has 1 atom stereocenters. The highest BCUT2D eigenvalue weighted by Gasteiger charge is 2.33. The van der Waals surface area contributed by atoms with Gasteiger partial charge in [-0.15, -0.1) is 0 Å². The van der Waals surface area contributed by atoms with E-state index in [0.29, 0.717) is 0 Å². The van der Waals surface area contributed by atoms with Gasteiger partial charge in [0.25, 0.3) is 0 Å². The van der Waals surface area contributed by atoms with Crippen LogP contribution in [0.15, 0.2) is 0 Å². The molecule has 5 N–H and O–H groups in total. The first-order valence-electron chi connectivity index (χ1n) is 7.38. The summed E-state index contributed by atoms with van der Waals surface area (Å²) in [5.74, 6) is -2.02. The van der Waals surface area contributed by atoms with Crippen molar-refractivity contribution in [2.75, 3.05) is 7.05 Å². The van der Waals surface area contributed by atoms with Gasteiger partial charge in [-0.05, 0) is 26.3 Å². The summed E-state index contributed by atoms with van der Waals surface area (Å²) in [6, 6.07) is -1.07. The highest BCUT2D eigenvalue weighted by molar-refractivity contribution is 5.84. The van der Waals surface area contributed by atoms with E-state index >= 15 is 0 Å². The Morgan fingerprint density at radius 1 is 1.24 bits per heavy atom. The number of carbonyl (C=O) groups is 3. The number of aliphatic carboxylic acids is 1. The third-order valence-corrected chi connectivity index (χ3v) is 4.15. The molecule has 1 saturated carbocycles. The van der Waals surface area contributed by atoms with Crippen LogP contribution in [0.25, 0.3) is 0 Å². The summed E-state index contributed by atoms with van der Waals surface area (Å²) in [5, 5.41) is 14.8. The van der Waals surface area contributed by atoms with E-state index in [1.54, 1.807) is 0 Å². The fraction of sp³-hybridized carbons (Fsp3) is 0.786. The van der Waals surface area contributed by atoms with Crippen LogP contribution in [-0.2, 0) is 14.4 Å². The van der Waals surface area contributed by atoms with Crippen LogP contribution in [0.2, 0.25) is 0 Å². The minimum absolute atomic E-state index is 0.0168. The maximum atomic E-state index is 12.1. The Balaban J connectivity index is 2.56. The van der Waals surface area contributed by atoms with Gasteiger partial charge in [0.15, 0.2) is 0 Å². The number of hydrogen-bond donors (Lipinski definition) is 4. The van der Waals surface area contributed by atoms with Crippen molar-refractivity contribution in [1.82, 2.24) is 10.6 Å². The van der Waals surface area contributed by atoms with E-state index in [-0.39, 0.29) is 30.7 Å². The summed E-state index contributed by atoms with van der Waals surface area (Å²) in [7, 11) is 1.83. The fourth-order valence-electron chi connectivity index (χ4n) is 2.84. The molecular formula is C14H25N3O4. The second kappa shape index (κ2) is 7.97. The number of carbonyl (C=O) groups excluding carboxylic acids is 2. The van der Waals surface area contributed by atoms with E-state index in [2.05, 4.69) is 10.6 Å². The minimum atomic E-state index is -1.15. The van der Waals surface area contributed by atoms with Crippen molar-refractivity contribution in [3.05, 3.63) is 0 Å². The summed E-state index contributed by atoms with van der Waals surface area (Å²) < 4.78 is 0. The molecule has 1 rings (SSSR count). The van der Waals surface area contributed by atoms with E-state index in [9.17, 15) is 14.4 Å². The maximum absolute atomic E-state index is 12.1. The van der Waals surface area contributed by atoms with Crippen LogP contribution in [0, 0.1) is 0 Å². The molecule has 0 unspecified atom stereocenters. The van der Waals surface area contributed by atoms with Crippen molar-refractivity contribution in [2.45, 2.75) is 62.9 Å². The number of primary amides is 1. The topological polar surface area (TPSA) is 122 Å². The van der Waals surface area contributed by atoms with Crippen LogP contribution >= 0.6 is 0 Å². The lowest BCUT2D eigenvalue weighted by molar-refractivity contribution is -0.142. The smallest absolute Gasteiger partial charge is 0.326 e. The molecular weight excluding hydrogens is 274 g/mol. The number of rotatable bonds is 8. The van der Waals surface area contributed by atoms with Gasteiger partial charge < -0.3 is 21.5 Å². The Labute approximate surface area is 124 Å². The van der Waals surface area contributed by atoms with Gasteiger partial charge in [-0.3, -0.25) is 9.59 Å². The highest BCUT2D eigenvalue weighted by Crippen LogP contribution is 2.30. The fourth-order valence-corrected chi connectivity index (χ4v) is 2.84. The first-order chi connectivity index (χ1) is 9.88. The number of nitrogens with two attached hydrogens (primary N) is 1. The van der Waals surface area contributed by atoms with Crippen LogP contribution in [0.1, 0.15) is 51.4 Å². The van der Waals surface area contributed by atoms with Gasteiger partial charge in [-0.25, -0.2) is 4.79 Å². The zero-order valence-electron chi connectivity index (χ0n) is 12.5. The second-order valence-electron chi connectivity index (χ2n) is 5.73. The molecule has 7 heteroatoms. The van der Waals surface area contributed by atoms with Gasteiger partial charge in [0.2, 0.25) is 11.8 Å². The Hall–Kier alpha value is -1.63. The zero-order valence-corrected chi connectivity index (χ0v) is 12.5. The van der Waals surface area contributed by atoms with Gasteiger partial charge in [-0.2, -0.15) is 0 Å². The van der Waals surface area contributed by atoms with Crippen molar-refractivity contribution < 1.29 is 19.5 Å². The molecule has 1 aliphatic rings. The summed E-state index contributed by atoms with van der Waals surface area (Å²) in [4.78, 5) is 33.9. The van der Waals surface area contributed by atoms with E-state index in [4.69, 9.17) is 10.8 Å². The predicted octanol–water partition coefficient (Wildman–Crippen LogP) is 0.134. The SMILES string of the molecule is CNC1(CC(=O)N[C@@H](CCC(N)=O)C(=O)O)CCCCC1. The summed E-state index contributed by atoms with van der Waals surface area (Å²) in [6.07, 6.45) is 5.34. The van der Waals surface area contributed by atoms with Gasteiger partial charge in [0, 0.05) is 18.4 Å². The van der Waals surface area contributed by atoms with E-state index in [1.807, 2.05) is 7.05 Å². The summed E-state index contributed by atoms with van der Waals surface area (Å²) in [5.41, 5.74) is 4.77. The van der Waals surface area contributed by atoms with E-state index < -0.39 is 17.9 Å². The molecule has 0 aromatic heterocycles. The normalized spacial score (nSPS) is 18.7. The van der Waals surface area contributed by atoms with Crippen LogP contribution in [-0.4, -0.2) is 41.5 Å². The second-order valence-corrected chi connectivity index (χ2v) is 5.73. The highest BCUT2D eigenvalue weighted by atomic mass is 16.4. The molecule has 1 aliphatic carbocycles. The van der Waals surface area contributed by atoms with Crippen LogP contribution < -0.4 is 16.4 Å². The van der Waals surface area contributed by atoms with E-state index in [1.165, 1.54) is 6.42 Å². The third kappa shape index (κ3) is 5.71. The van der Waals surface area contributed by atoms with Gasteiger partial charge in [0.1, 0.15) is 6.04 Å². The van der Waals surface area contributed by atoms with Crippen molar-refractivity contribution >= 4 is 17.8 Å². The molecule has 0 bridgehead atoms. The summed E-state index contributed by atoms with van der Waals surface area (Å²) in [6.45, 7) is 0. The Morgan fingerprint density at radius 3 is 2.33 bits per heavy atom. The Bertz CT molecular complexity index is 392. The molecule has 120 valence electrons. The average Bonchev–Trinajstić information content (AvgIpc) is 2.43. The molecule has 0 aromatic rings. The van der Waals surface area contributed by atoms with Crippen LogP contribution in [0.3, 0.4) is 0 Å². The summed E-state index contributed by atoms with van der Waals surface area (Å²) >= 11 is 0. The third-order valence-electron chi connectivity index (χ3n) is 4.15. The molecule has 7 nitrogen and oxygen atoms in total. The van der Waals surface area contributed by atoms with Crippen molar-refractivity contribution in [1.29, 1.82) is 0 Å². The number of nitrogens with one attached hydrogen (secondary N) is 2. The average molecular weight is 299 g/mol. The molecule has 0 aliphatic heterocycles. The lowest BCUT2D eigenvalue weighted by atomic mass is 9.79. The van der Waals surface area contributed by atoms with Crippen molar-refractivity contribution in [2.24, 2.45) is 5.73 Å². The van der Waals surface area contributed by atoms with Crippen molar-refractivity contribution in [3.63, 3.8) is 0 Å². The lowest BCUT2D eigenvalue weighted by Crippen LogP contribution is -2.50. The molecule has 0 radical (unpaired) electrons. The zero-order chi connectivity index (χ0) is 15.9. The monoisotopic (exact) mass is 299 g/mol.